The van der Waals surface area contributed by atoms with Crippen LogP contribution in [-0.2, 0) is 16.6 Å². The molecule has 0 atom stereocenters. The number of rotatable bonds is 6. The van der Waals surface area contributed by atoms with E-state index in [1.807, 2.05) is 31.2 Å². The summed E-state index contributed by atoms with van der Waals surface area (Å²) in [5.74, 6) is 0.579. The minimum atomic E-state index is -3.87. The lowest BCUT2D eigenvalue weighted by molar-refractivity contribution is 0.415. The summed E-state index contributed by atoms with van der Waals surface area (Å²) in [5, 5.41) is 0.189. The minimum absolute atomic E-state index is 0.0709. The van der Waals surface area contributed by atoms with Crippen molar-refractivity contribution < 1.29 is 13.2 Å². The molecule has 0 aliphatic heterocycles. The third-order valence-electron chi connectivity index (χ3n) is 4.19. The van der Waals surface area contributed by atoms with Gasteiger partial charge in [-0.2, -0.15) is 0 Å². The van der Waals surface area contributed by atoms with Crippen molar-refractivity contribution in [3.8, 4) is 5.75 Å². The molecule has 0 saturated carbocycles. The van der Waals surface area contributed by atoms with E-state index in [9.17, 15) is 8.42 Å². The lowest BCUT2D eigenvalue weighted by Crippen LogP contribution is -2.30. The zero-order valence-corrected chi connectivity index (χ0v) is 16.7. The monoisotopic (exact) mass is 401 g/mol. The second-order valence-corrected chi connectivity index (χ2v) is 8.37. The van der Waals surface area contributed by atoms with Gasteiger partial charge in [0.25, 0.3) is 10.0 Å². The van der Waals surface area contributed by atoms with Gasteiger partial charge in [-0.3, -0.25) is 4.31 Å². The fourth-order valence-corrected chi connectivity index (χ4v) is 4.65. The van der Waals surface area contributed by atoms with Crippen LogP contribution in [0.1, 0.15) is 11.1 Å². The molecule has 0 aliphatic rings. The smallest absolute Gasteiger partial charge is 0.266 e. The number of hydrogen-bond acceptors (Lipinski definition) is 3. The standard InChI is InChI=1S/C21H20ClNO3S/c1-16-10-12-17(13-11-16)15-23(18-6-5-7-19(14-18)26-2)27(24,25)21-9-4-3-8-20(21)22/h3-14H,15H2,1-2H3. The normalized spacial score (nSPS) is 11.2. The first-order valence-corrected chi connectivity index (χ1v) is 10.2. The van der Waals surface area contributed by atoms with Crippen molar-refractivity contribution in [2.75, 3.05) is 11.4 Å². The van der Waals surface area contributed by atoms with Crippen molar-refractivity contribution in [2.24, 2.45) is 0 Å². The van der Waals surface area contributed by atoms with E-state index in [0.29, 0.717) is 11.4 Å². The molecule has 6 heteroatoms. The highest BCUT2D eigenvalue weighted by Gasteiger charge is 2.27. The molecule has 0 aromatic heterocycles. The molecule has 27 heavy (non-hydrogen) atoms. The first kappa shape index (κ1) is 19.3. The largest absolute Gasteiger partial charge is 0.497 e. The molecule has 4 nitrogen and oxygen atoms in total. The van der Waals surface area contributed by atoms with Crippen LogP contribution in [0.15, 0.2) is 77.7 Å². The Balaban J connectivity index is 2.11. The third-order valence-corrected chi connectivity index (χ3v) is 6.47. The fourth-order valence-electron chi connectivity index (χ4n) is 2.71. The summed E-state index contributed by atoms with van der Waals surface area (Å²) in [6.45, 7) is 2.17. The molecule has 140 valence electrons. The van der Waals surface area contributed by atoms with Crippen LogP contribution in [-0.4, -0.2) is 15.5 Å². The molecular formula is C21H20ClNO3S. The van der Waals surface area contributed by atoms with Crippen molar-refractivity contribution in [2.45, 2.75) is 18.4 Å². The van der Waals surface area contributed by atoms with Gasteiger partial charge in [-0.25, -0.2) is 8.42 Å². The molecule has 0 bridgehead atoms. The fraction of sp³-hybridized carbons (Fsp3) is 0.143. The number of hydrogen-bond donors (Lipinski definition) is 0. The molecule has 0 heterocycles. The second kappa shape index (κ2) is 8.03. The van der Waals surface area contributed by atoms with Gasteiger partial charge in [0.2, 0.25) is 0 Å². The van der Waals surface area contributed by atoms with E-state index < -0.39 is 10.0 Å². The lowest BCUT2D eigenvalue weighted by Gasteiger charge is -2.25. The molecule has 0 N–H and O–H groups in total. The maximum atomic E-state index is 13.4. The first-order valence-electron chi connectivity index (χ1n) is 8.38. The predicted octanol–water partition coefficient (Wildman–Crippen LogP) is 5.05. The average Bonchev–Trinajstić information content (AvgIpc) is 2.67. The van der Waals surface area contributed by atoms with Crippen molar-refractivity contribution in [1.29, 1.82) is 0 Å². The van der Waals surface area contributed by atoms with E-state index in [1.165, 1.54) is 10.4 Å². The Morgan fingerprint density at radius 2 is 1.67 bits per heavy atom. The van der Waals surface area contributed by atoms with E-state index in [0.717, 1.165) is 11.1 Å². The third kappa shape index (κ3) is 4.26. The second-order valence-electron chi connectivity index (χ2n) is 6.13. The maximum absolute atomic E-state index is 13.4. The van der Waals surface area contributed by atoms with Crippen LogP contribution < -0.4 is 9.04 Å². The van der Waals surface area contributed by atoms with Gasteiger partial charge >= 0.3 is 0 Å². The zero-order valence-electron chi connectivity index (χ0n) is 15.1. The number of halogens is 1. The molecule has 0 radical (unpaired) electrons. The topological polar surface area (TPSA) is 46.6 Å². The van der Waals surface area contributed by atoms with E-state index >= 15 is 0 Å². The summed E-state index contributed by atoms with van der Waals surface area (Å²) >= 11 is 6.19. The van der Waals surface area contributed by atoms with Crippen molar-refractivity contribution in [3.05, 3.63) is 88.9 Å². The molecule has 0 saturated heterocycles. The number of benzene rings is 3. The summed E-state index contributed by atoms with van der Waals surface area (Å²) < 4.78 is 33.5. The zero-order chi connectivity index (χ0) is 19.4. The molecule has 3 rings (SSSR count). The number of sulfonamides is 1. The van der Waals surface area contributed by atoms with Crippen LogP contribution in [0.2, 0.25) is 5.02 Å². The molecular weight excluding hydrogens is 382 g/mol. The Kier molecular flexibility index (Phi) is 5.73. The molecule has 0 spiro atoms. The van der Waals surface area contributed by atoms with Gasteiger partial charge in [-0.15, -0.1) is 0 Å². The predicted molar refractivity (Wildman–Crippen MR) is 109 cm³/mol. The maximum Gasteiger partial charge on any atom is 0.266 e. The van der Waals surface area contributed by atoms with Crippen LogP contribution >= 0.6 is 11.6 Å². The average molecular weight is 402 g/mol. The molecule has 0 aliphatic carbocycles. The Morgan fingerprint density at radius 3 is 2.33 bits per heavy atom. The summed E-state index contributed by atoms with van der Waals surface area (Å²) in [6, 6.07) is 21.2. The molecule has 0 fully saturated rings. The van der Waals surface area contributed by atoms with Crippen LogP contribution in [0, 0.1) is 6.92 Å². The number of aryl methyl sites for hydroxylation is 1. The highest BCUT2D eigenvalue weighted by Crippen LogP contribution is 2.31. The van der Waals surface area contributed by atoms with Crippen molar-refractivity contribution in [1.82, 2.24) is 0 Å². The summed E-state index contributed by atoms with van der Waals surface area (Å²) in [5.41, 5.74) is 2.49. The molecule has 0 unspecified atom stereocenters. The van der Waals surface area contributed by atoms with Crippen LogP contribution in [0.4, 0.5) is 5.69 Å². The van der Waals surface area contributed by atoms with Gasteiger partial charge in [0.1, 0.15) is 10.6 Å². The number of ether oxygens (including phenoxy) is 1. The van der Waals surface area contributed by atoms with Gasteiger partial charge in [0.15, 0.2) is 0 Å². The van der Waals surface area contributed by atoms with Crippen molar-refractivity contribution >= 4 is 27.3 Å². The molecule has 3 aromatic rings. The Morgan fingerprint density at radius 1 is 0.963 bits per heavy atom. The van der Waals surface area contributed by atoms with Gasteiger partial charge in [-0.1, -0.05) is 59.6 Å². The van der Waals surface area contributed by atoms with Gasteiger partial charge in [0.05, 0.1) is 24.4 Å². The molecule has 3 aromatic carbocycles. The Hall–Kier alpha value is -2.50. The van der Waals surface area contributed by atoms with Crippen LogP contribution in [0.5, 0.6) is 5.75 Å². The van der Waals surface area contributed by atoms with Crippen LogP contribution in [0.3, 0.4) is 0 Å². The highest BCUT2D eigenvalue weighted by molar-refractivity contribution is 7.93. The quantitative estimate of drug-likeness (QED) is 0.580. The van der Waals surface area contributed by atoms with Gasteiger partial charge < -0.3 is 4.74 Å². The highest BCUT2D eigenvalue weighted by atomic mass is 35.5. The van der Waals surface area contributed by atoms with Gasteiger partial charge in [-0.05, 0) is 36.8 Å². The van der Waals surface area contributed by atoms with Gasteiger partial charge in [0, 0.05) is 6.07 Å². The van der Waals surface area contributed by atoms with E-state index in [2.05, 4.69) is 0 Å². The number of methoxy groups -OCH3 is 1. The Labute approximate surface area is 165 Å². The van der Waals surface area contributed by atoms with E-state index in [1.54, 1.807) is 49.6 Å². The summed E-state index contributed by atoms with van der Waals surface area (Å²) in [4.78, 5) is 0.0709. The first-order chi connectivity index (χ1) is 12.9. The summed E-state index contributed by atoms with van der Waals surface area (Å²) in [7, 11) is -2.32. The Bertz CT molecular complexity index is 1030. The molecule has 0 amide bonds. The lowest BCUT2D eigenvalue weighted by atomic mass is 10.1. The number of nitrogens with zero attached hydrogens (tertiary/aromatic N) is 1. The van der Waals surface area contributed by atoms with Crippen molar-refractivity contribution in [3.63, 3.8) is 0 Å². The van der Waals surface area contributed by atoms with Crippen LogP contribution in [0.25, 0.3) is 0 Å². The summed E-state index contributed by atoms with van der Waals surface area (Å²) in [6.07, 6.45) is 0. The van der Waals surface area contributed by atoms with E-state index in [-0.39, 0.29) is 16.5 Å². The SMILES string of the molecule is COc1cccc(N(Cc2ccc(C)cc2)S(=O)(=O)c2ccccc2Cl)c1. The number of anilines is 1. The minimum Gasteiger partial charge on any atom is -0.497 e. The van der Waals surface area contributed by atoms with E-state index in [4.69, 9.17) is 16.3 Å².